The highest BCUT2D eigenvalue weighted by Gasteiger charge is 2.19. The van der Waals surface area contributed by atoms with Crippen LogP contribution < -0.4 is 15.2 Å². The van der Waals surface area contributed by atoms with Crippen LogP contribution in [-0.2, 0) is 11.5 Å². The molecule has 1 aromatic heterocycles. The smallest absolute Gasteiger partial charge is 0.339 e. The number of hydrogen-bond donors (Lipinski definition) is 0. The summed E-state index contributed by atoms with van der Waals surface area (Å²) in [4.78, 5) is 29.7. The fourth-order valence-electron chi connectivity index (χ4n) is 4.85. The van der Waals surface area contributed by atoms with Crippen molar-refractivity contribution in [1.82, 2.24) is 9.47 Å². The molecule has 7 nitrogen and oxygen atoms in total. The van der Waals surface area contributed by atoms with Gasteiger partial charge < -0.3 is 14.4 Å². The molecule has 0 unspecified atom stereocenters. The Bertz CT molecular complexity index is 1520. The van der Waals surface area contributed by atoms with Crippen LogP contribution in [0.3, 0.4) is 0 Å². The van der Waals surface area contributed by atoms with Gasteiger partial charge in [-0.1, -0.05) is 47.5 Å². The van der Waals surface area contributed by atoms with E-state index in [2.05, 4.69) is 9.80 Å². The molecule has 1 saturated heterocycles. The van der Waals surface area contributed by atoms with Gasteiger partial charge >= 0.3 is 5.97 Å². The molecule has 0 atom stereocenters. The van der Waals surface area contributed by atoms with Gasteiger partial charge in [-0.2, -0.15) is 0 Å². The SMILES string of the molecule is O=C(OCn1c(=O)ccc2ccc(OCCCCN3CCN(c4cccc(Cl)c4Cl)CC3)cc21)c1ccccc1. The Morgan fingerprint density at radius 3 is 2.42 bits per heavy atom. The molecule has 0 radical (unpaired) electrons. The number of piperazine rings is 1. The molecule has 1 aliphatic rings. The average Bonchev–Trinajstić information content (AvgIpc) is 2.98. The molecule has 4 aromatic rings. The lowest BCUT2D eigenvalue weighted by atomic mass is 10.2. The predicted octanol–water partition coefficient (Wildman–Crippen LogP) is 6.10. The Morgan fingerprint density at radius 2 is 1.62 bits per heavy atom. The van der Waals surface area contributed by atoms with Crippen molar-refractivity contribution in [3.8, 4) is 5.75 Å². The molecule has 0 bridgehead atoms. The number of halogens is 2. The first-order valence-electron chi connectivity index (χ1n) is 13.4. The molecule has 0 amide bonds. The van der Waals surface area contributed by atoms with Crippen molar-refractivity contribution in [2.75, 3.05) is 44.2 Å². The number of hydrogen-bond acceptors (Lipinski definition) is 6. The molecule has 208 valence electrons. The van der Waals surface area contributed by atoms with Crippen LogP contribution in [0.4, 0.5) is 5.69 Å². The Balaban J connectivity index is 1.10. The molecule has 9 heteroatoms. The fourth-order valence-corrected chi connectivity index (χ4v) is 5.26. The summed E-state index contributed by atoms with van der Waals surface area (Å²) < 4.78 is 12.9. The van der Waals surface area contributed by atoms with Crippen LogP contribution in [0, 0.1) is 0 Å². The van der Waals surface area contributed by atoms with E-state index in [9.17, 15) is 9.59 Å². The first-order chi connectivity index (χ1) is 19.5. The van der Waals surface area contributed by atoms with Crippen molar-refractivity contribution in [3.05, 3.63) is 105 Å². The predicted molar refractivity (Wildman–Crippen MR) is 160 cm³/mol. The number of benzene rings is 3. The summed E-state index contributed by atoms with van der Waals surface area (Å²) in [5.41, 5.74) is 1.84. The molecule has 0 aliphatic carbocycles. The third-order valence-corrected chi connectivity index (χ3v) is 7.89. The zero-order chi connectivity index (χ0) is 27.9. The van der Waals surface area contributed by atoms with Crippen LogP contribution in [0.1, 0.15) is 23.2 Å². The molecular formula is C31H31Cl2N3O4. The quantitative estimate of drug-likeness (QED) is 0.167. The normalized spacial score (nSPS) is 13.9. The number of carbonyl (C=O) groups excluding carboxylic acids is 1. The number of nitrogens with zero attached hydrogens (tertiary/aromatic N) is 3. The number of pyridine rings is 1. The molecule has 0 saturated carbocycles. The van der Waals surface area contributed by atoms with E-state index in [0.717, 1.165) is 56.6 Å². The third kappa shape index (κ3) is 6.78. The number of anilines is 1. The lowest BCUT2D eigenvalue weighted by Crippen LogP contribution is -2.46. The van der Waals surface area contributed by atoms with Crippen LogP contribution >= 0.6 is 23.2 Å². The molecule has 0 spiro atoms. The van der Waals surface area contributed by atoms with Crippen LogP contribution in [-0.4, -0.2) is 54.8 Å². The maximum Gasteiger partial charge on any atom is 0.339 e. The highest BCUT2D eigenvalue weighted by atomic mass is 35.5. The van der Waals surface area contributed by atoms with Gasteiger partial charge in [0.2, 0.25) is 0 Å². The summed E-state index contributed by atoms with van der Waals surface area (Å²) in [7, 11) is 0. The van der Waals surface area contributed by atoms with E-state index in [1.807, 2.05) is 42.5 Å². The van der Waals surface area contributed by atoms with Crippen molar-refractivity contribution in [2.24, 2.45) is 0 Å². The summed E-state index contributed by atoms with van der Waals surface area (Å²) >= 11 is 12.6. The van der Waals surface area contributed by atoms with Gasteiger partial charge in [-0.05, 0) is 67.2 Å². The minimum Gasteiger partial charge on any atom is -0.494 e. The average molecular weight is 581 g/mol. The lowest BCUT2D eigenvalue weighted by molar-refractivity contribution is 0.0374. The van der Waals surface area contributed by atoms with Gasteiger partial charge in [0.25, 0.3) is 5.56 Å². The Hall–Kier alpha value is -3.52. The zero-order valence-electron chi connectivity index (χ0n) is 22.1. The van der Waals surface area contributed by atoms with Crippen molar-refractivity contribution in [2.45, 2.75) is 19.6 Å². The molecule has 5 rings (SSSR count). The number of ether oxygens (including phenoxy) is 2. The number of carbonyl (C=O) groups is 1. The van der Waals surface area contributed by atoms with Gasteiger partial charge in [-0.25, -0.2) is 4.79 Å². The number of rotatable bonds is 10. The molecule has 0 N–H and O–H groups in total. The van der Waals surface area contributed by atoms with Gasteiger partial charge in [0.1, 0.15) is 5.75 Å². The van der Waals surface area contributed by atoms with E-state index in [1.165, 1.54) is 10.6 Å². The van der Waals surface area contributed by atoms with Gasteiger partial charge in [0, 0.05) is 38.3 Å². The van der Waals surface area contributed by atoms with Crippen LogP contribution in [0.15, 0.2) is 83.7 Å². The van der Waals surface area contributed by atoms with Crippen LogP contribution in [0.2, 0.25) is 10.0 Å². The van der Waals surface area contributed by atoms with Crippen LogP contribution in [0.25, 0.3) is 10.9 Å². The second-order valence-corrected chi connectivity index (χ2v) is 10.5. The Kier molecular flexibility index (Phi) is 9.26. The Morgan fingerprint density at radius 1 is 0.850 bits per heavy atom. The highest BCUT2D eigenvalue weighted by Crippen LogP contribution is 2.33. The number of esters is 1. The number of unbranched alkanes of at least 4 members (excludes halogenated alkanes) is 1. The van der Waals surface area contributed by atoms with Crippen molar-refractivity contribution in [3.63, 3.8) is 0 Å². The Labute approximate surface area is 243 Å². The van der Waals surface area contributed by atoms with Crippen molar-refractivity contribution in [1.29, 1.82) is 0 Å². The monoisotopic (exact) mass is 579 g/mol. The van der Waals surface area contributed by atoms with E-state index in [1.54, 1.807) is 30.3 Å². The second kappa shape index (κ2) is 13.2. The summed E-state index contributed by atoms with van der Waals surface area (Å²) in [6, 6.07) is 23.4. The first kappa shape index (κ1) is 28.0. The minimum absolute atomic E-state index is 0.176. The van der Waals surface area contributed by atoms with E-state index < -0.39 is 5.97 Å². The van der Waals surface area contributed by atoms with Crippen LogP contribution in [0.5, 0.6) is 5.75 Å². The highest BCUT2D eigenvalue weighted by molar-refractivity contribution is 6.43. The van der Waals surface area contributed by atoms with Gasteiger partial charge in [0.05, 0.1) is 33.4 Å². The summed E-state index contributed by atoms with van der Waals surface area (Å²) in [6.45, 7) is 5.17. The summed E-state index contributed by atoms with van der Waals surface area (Å²) in [6.07, 6.45) is 1.93. The molecule has 1 aliphatic heterocycles. The van der Waals surface area contributed by atoms with Gasteiger partial charge in [-0.15, -0.1) is 0 Å². The molecular weight excluding hydrogens is 549 g/mol. The molecule has 2 heterocycles. The van der Waals surface area contributed by atoms with Crippen molar-refractivity contribution >= 4 is 45.8 Å². The lowest BCUT2D eigenvalue weighted by Gasteiger charge is -2.36. The third-order valence-electron chi connectivity index (χ3n) is 7.08. The summed E-state index contributed by atoms with van der Waals surface area (Å²) in [5, 5.41) is 2.07. The zero-order valence-corrected chi connectivity index (χ0v) is 23.6. The van der Waals surface area contributed by atoms with Gasteiger partial charge in [-0.3, -0.25) is 14.3 Å². The van der Waals surface area contributed by atoms with Gasteiger partial charge in [0.15, 0.2) is 6.73 Å². The molecule has 1 fully saturated rings. The number of fused-ring (bicyclic) bond motifs is 1. The van der Waals surface area contributed by atoms with E-state index >= 15 is 0 Å². The topological polar surface area (TPSA) is 64.0 Å². The first-order valence-corrected chi connectivity index (χ1v) is 14.1. The maximum atomic E-state index is 12.6. The molecule has 3 aromatic carbocycles. The molecule has 40 heavy (non-hydrogen) atoms. The van der Waals surface area contributed by atoms with E-state index in [0.29, 0.717) is 33.5 Å². The fraction of sp³-hybridized carbons (Fsp3) is 0.290. The second-order valence-electron chi connectivity index (χ2n) is 9.70. The largest absolute Gasteiger partial charge is 0.494 e. The maximum absolute atomic E-state index is 12.6. The minimum atomic E-state index is -0.480. The standard InChI is InChI=1S/C31H31Cl2N3O4/c32-26-9-6-10-27(30(26)33)35-18-16-34(17-19-35)15-4-5-20-39-25-13-11-23-12-14-29(37)36(28(23)21-25)22-40-31(38)24-7-2-1-3-8-24/h1-3,6-14,21H,4-5,15-20,22H2. The summed E-state index contributed by atoms with van der Waals surface area (Å²) in [5.74, 6) is 0.194. The van der Waals surface area contributed by atoms with E-state index in [-0.39, 0.29) is 12.3 Å². The number of aromatic nitrogens is 1. The van der Waals surface area contributed by atoms with E-state index in [4.69, 9.17) is 32.7 Å². The van der Waals surface area contributed by atoms with Crippen molar-refractivity contribution < 1.29 is 14.3 Å².